The number of carboxylic acid groups (broad SMARTS) is 1. The minimum Gasteiger partial charge on any atom is -0.480 e. The number of amides is 2. The molecule has 10 nitrogen and oxygen atoms in total. The largest absolute Gasteiger partial charge is 0.480 e. The van der Waals surface area contributed by atoms with Crippen molar-refractivity contribution in [1.29, 1.82) is 0 Å². The number of likely N-dealkylation sites (tertiary alicyclic amines) is 1. The van der Waals surface area contributed by atoms with Gasteiger partial charge in [-0.15, -0.1) is 0 Å². The van der Waals surface area contributed by atoms with Crippen LogP contribution in [0.25, 0.3) is 28.6 Å². The Balaban J connectivity index is 1.16. The molecule has 1 fully saturated rings. The van der Waals surface area contributed by atoms with Gasteiger partial charge in [0.15, 0.2) is 0 Å². The van der Waals surface area contributed by atoms with E-state index in [9.17, 15) is 14.4 Å². The average Bonchev–Trinajstić information content (AvgIpc) is 3.62. The van der Waals surface area contributed by atoms with Gasteiger partial charge in [0.25, 0.3) is 0 Å². The summed E-state index contributed by atoms with van der Waals surface area (Å²) in [7, 11) is 0. The maximum Gasteiger partial charge on any atom is 0.407 e. The third kappa shape index (κ3) is 7.06. The maximum absolute atomic E-state index is 12.2. The van der Waals surface area contributed by atoms with Crippen molar-refractivity contribution in [3.05, 3.63) is 66.2 Å². The number of aliphatic carboxylic acids is 1. The Kier molecular flexibility index (Phi) is 9.22. The van der Waals surface area contributed by atoms with Crippen LogP contribution in [0.15, 0.2) is 60.7 Å². The second-order valence-electron chi connectivity index (χ2n) is 8.98. The fourth-order valence-corrected chi connectivity index (χ4v) is 4.39. The van der Waals surface area contributed by atoms with E-state index in [0.29, 0.717) is 25.8 Å². The van der Waals surface area contributed by atoms with Crippen molar-refractivity contribution in [2.24, 2.45) is 0 Å². The SMILES string of the molecule is O=C(NCC(=O)N1CCCC1C(=O)O)OCCCC/C=C/c1cccc(-c2n[nH]nc2-c2ccccc2)c1. The summed E-state index contributed by atoms with van der Waals surface area (Å²) in [5.74, 6) is -1.44. The van der Waals surface area contributed by atoms with E-state index in [-0.39, 0.29) is 13.2 Å². The molecule has 0 saturated carbocycles. The molecule has 1 aliphatic rings. The Morgan fingerprint density at radius 3 is 2.61 bits per heavy atom. The fourth-order valence-electron chi connectivity index (χ4n) is 4.39. The molecule has 2 aromatic carbocycles. The van der Waals surface area contributed by atoms with Gasteiger partial charge >= 0.3 is 12.1 Å². The lowest BCUT2D eigenvalue weighted by Crippen LogP contribution is -2.45. The number of benzene rings is 2. The van der Waals surface area contributed by atoms with E-state index < -0.39 is 24.0 Å². The van der Waals surface area contributed by atoms with Crippen LogP contribution < -0.4 is 5.32 Å². The van der Waals surface area contributed by atoms with E-state index in [1.165, 1.54) is 4.90 Å². The number of hydrogen-bond donors (Lipinski definition) is 3. The van der Waals surface area contributed by atoms with Gasteiger partial charge < -0.3 is 20.1 Å². The van der Waals surface area contributed by atoms with Crippen molar-refractivity contribution in [3.8, 4) is 22.5 Å². The molecule has 1 aliphatic heterocycles. The van der Waals surface area contributed by atoms with Crippen LogP contribution in [0.3, 0.4) is 0 Å². The van der Waals surface area contributed by atoms with Gasteiger partial charge in [0, 0.05) is 17.7 Å². The molecule has 10 heteroatoms. The summed E-state index contributed by atoms with van der Waals surface area (Å²) in [6, 6.07) is 17.2. The maximum atomic E-state index is 12.2. The highest BCUT2D eigenvalue weighted by atomic mass is 16.5. The predicted octanol–water partition coefficient (Wildman–Crippen LogP) is 4.12. The van der Waals surface area contributed by atoms with Crippen LogP contribution >= 0.6 is 0 Å². The number of carbonyl (C=O) groups excluding carboxylic acids is 2. The van der Waals surface area contributed by atoms with Crippen LogP contribution in [0.2, 0.25) is 0 Å². The summed E-state index contributed by atoms with van der Waals surface area (Å²) < 4.78 is 5.12. The molecule has 0 spiro atoms. The number of ether oxygens (including phenoxy) is 1. The number of carbonyl (C=O) groups is 3. The Bertz CT molecular complexity index is 1270. The molecule has 0 aliphatic carbocycles. The molecule has 3 aromatic rings. The van der Waals surface area contributed by atoms with Crippen molar-refractivity contribution >= 4 is 24.0 Å². The number of carboxylic acids is 1. The molecule has 1 atom stereocenters. The van der Waals surface area contributed by atoms with E-state index in [0.717, 1.165) is 40.9 Å². The lowest BCUT2D eigenvalue weighted by molar-refractivity contribution is -0.147. The van der Waals surface area contributed by atoms with Crippen LogP contribution in [0.4, 0.5) is 4.79 Å². The van der Waals surface area contributed by atoms with Crippen LogP contribution in [0, 0.1) is 0 Å². The highest BCUT2D eigenvalue weighted by Crippen LogP contribution is 2.28. The van der Waals surface area contributed by atoms with Crippen molar-refractivity contribution in [2.45, 2.75) is 38.1 Å². The lowest BCUT2D eigenvalue weighted by atomic mass is 10.0. The zero-order chi connectivity index (χ0) is 26.7. The lowest BCUT2D eigenvalue weighted by Gasteiger charge is -2.21. The van der Waals surface area contributed by atoms with Gasteiger partial charge in [-0.2, -0.15) is 15.4 Å². The van der Waals surface area contributed by atoms with E-state index in [4.69, 9.17) is 9.84 Å². The molecule has 0 bridgehead atoms. The summed E-state index contributed by atoms with van der Waals surface area (Å²) in [4.78, 5) is 36.5. The van der Waals surface area contributed by atoms with Gasteiger partial charge in [-0.3, -0.25) is 4.79 Å². The third-order valence-corrected chi connectivity index (χ3v) is 6.31. The predicted molar refractivity (Wildman–Crippen MR) is 142 cm³/mol. The smallest absolute Gasteiger partial charge is 0.407 e. The number of allylic oxidation sites excluding steroid dienone is 1. The highest BCUT2D eigenvalue weighted by molar-refractivity contribution is 5.87. The summed E-state index contributed by atoms with van der Waals surface area (Å²) in [6.07, 6.45) is 6.85. The van der Waals surface area contributed by atoms with Crippen LogP contribution in [0.1, 0.15) is 37.7 Å². The van der Waals surface area contributed by atoms with Crippen molar-refractivity contribution < 1.29 is 24.2 Å². The molecule has 1 unspecified atom stereocenters. The first-order chi connectivity index (χ1) is 18.5. The second-order valence-corrected chi connectivity index (χ2v) is 8.98. The molecule has 1 saturated heterocycles. The Morgan fingerprint density at radius 1 is 1.05 bits per heavy atom. The molecule has 1 aromatic heterocycles. The van der Waals surface area contributed by atoms with Crippen molar-refractivity contribution in [2.75, 3.05) is 19.7 Å². The summed E-state index contributed by atoms with van der Waals surface area (Å²) >= 11 is 0. The summed E-state index contributed by atoms with van der Waals surface area (Å²) in [5.41, 5.74) is 4.62. The number of H-pyrrole nitrogens is 1. The van der Waals surface area contributed by atoms with Crippen LogP contribution in [-0.4, -0.2) is 69.1 Å². The fraction of sp³-hybridized carbons (Fsp3) is 0.321. The Morgan fingerprint density at radius 2 is 1.82 bits per heavy atom. The second kappa shape index (κ2) is 13.2. The number of rotatable bonds is 11. The van der Waals surface area contributed by atoms with E-state index in [1.54, 1.807) is 0 Å². The Labute approximate surface area is 220 Å². The normalized spacial score (nSPS) is 15.1. The van der Waals surface area contributed by atoms with E-state index >= 15 is 0 Å². The van der Waals surface area contributed by atoms with E-state index in [1.807, 2.05) is 54.6 Å². The number of nitrogens with zero attached hydrogens (tertiary/aromatic N) is 3. The topological polar surface area (TPSA) is 138 Å². The molecular weight excluding hydrogens is 486 g/mol. The molecule has 38 heavy (non-hydrogen) atoms. The van der Waals surface area contributed by atoms with Gasteiger partial charge in [-0.25, -0.2) is 9.59 Å². The van der Waals surface area contributed by atoms with Gasteiger partial charge in [0.2, 0.25) is 5.91 Å². The average molecular weight is 518 g/mol. The van der Waals surface area contributed by atoms with Crippen molar-refractivity contribution in [3.63, 3.8) is 0 Å². The third-order valence-electron chi connectivity index (χ3n) is 6.31. The van der Waals surface area contributed by atoms with Gasteiger partial charge in [-0.1, -0.05) is 60.7 Å². The number of alkyl carbamates (subject to hydrolysis) is 1. The van der Waals surface area contributed by atoms with Gasteiger partial charge in [-0.05, 0) is 43.7 Å². The number of nitrogens with one attached hydrogen (secondary N) is 2. The molecule has 3 N–H and O–H groups in total. The minimum absolute atomic E-state index is 0.235. The monoisotopic (exact) mass is 517 g/mol. The molecule has 2 amide bonds. The number of aromatic amines is 1. The standard InChI is InChI=1S/C28H31N5O5/c34-24(33-16-9-15-23(33)27(35)36)19-29-28(37)38-17-7-2-1-4-10-20-11-8-14-22(18-20)26-25(30-32-31-26)21-12-5-3-6-13-21/h3-6,8,10-14,18,23H,1-2,7,9,15-17,19H2,(H,29,37)(H,35,36)(H,30,31,32)/b10-4+. The van der Waals surface area contributed by atoms with E-state index in [2.05, 4.69) is 32.9 Å². The minimum atomic E-state index is -1.02. The molecule has 198 valence electrons. The number of hydrogen-bond acceptors (Lipinski definition) is 6. The molecule has 2 heterocycles. The summed E-state index contributed by atoms with van der Waals surface area (Å²) in [6.45, 7) is 0.351. The molecular formula is C28H31N5O5. The molecule has 0 radical (unpaired) electrons. The first-order valence-corrected chi connectivity index (χ1v) is 12.7. The first kappa shape index (κ1) is 26.6. The zero-order valence-electron chi connectivity index (χ0n) is 21.0. The quantitative estimate of drug-likeness (QED) is 0.325. The molecule has 4 rings (SSSR count). The number of aromatic nitrogens is 3. The van der Waals surface area contributed by atoms with Gasteiger partial charge in [0.1, 0.15) is 24.0 Å². The van der Waals surface area contributed by atoms with Crippen LogP contribution in [0.5, 0.6) is 0 Å². The van der Waals surface area contributed by atoms with Crippen molar-refractivity contribution in [1.82, 2.24) is 25.6 Å². The van der Waals surface area contributed by atoms with Crippen LogP contribution in [-0.2, 0) is 14.3 Å². The Hall–Kier alpha value is -4.47. The summed E-state index contributed by atoms with van der Waals surface area (Å²) in [5, 5.41) is 23.0. The number of unbranched alkanes of at least 4 members (excludes halogenated alkanes) is 2. The first-order valence-electron chi connectivity index (χ1n) is 12.7. The van der Waals surface area contributed by atoms with Gasteiger partial charge in [0.05, 0.1) is 6.61 Å². The highest BCUT2D eigenvalue weighted by Gasteiger charge is 2.33. The zero-order valence-corrected chi connectivity index (χ0v) is 21.0.